The molecule has 0 aromatic heterocycles. The number of nitrogens with zero attached hydrogens (tertiary/aromatic N) is 1. The number of carbonyl (C=O) groups excluding carboxylic acids is 2. The van der Waals surface area contributed by atoms with Crippen LogP contribution in [0.3, 0.4) is 0 Å². The first kappa shape index (κ1) is 29.2. The van der Waals surface area contributed by atoms with Gasteiger partial charge in [-0.25, -0.2) is 4.79 Å². The molecule has 0 aliphatic heterocycles. The minimum atomic E-state index is -1.65. The summed E-state index contributed by atoms with van der Waals surface area (Å²) in [5.74, 6) is 2.99. The van der Waals surface area contributed by atoms with Crippen molar-refractivity contribution in [3.63, 3.8) is 0 Å². The van der Waals surface area contributed by atoms with Crippen molar-refractivity contribution in [3.05, 3.63) is 88.5 Å². The molecule has 208 valence electrons. The lowest BCUT2D eigenvalue weighted by Gasteiger charge is -2.23. The Morgan fingerprint density at radius 1 is 0.950 bits per heavy atom. The van der Waals surface area contributed by atoms with Gasteiger partial charge in [0.05, 0.1) is 6.42 Å². The fourth-order valence-electron chi connectivity index (χ4n) is 4.85. The number of ether oxygens (including phenoxy) is 2. The van der Waals surface area contributed by atoms with Crippen molar-refractivity contribution in [1.29, 1.82) is 0 Å². The highest BCUT2D eigenvalue weighted by Gasteiger charge is 2.30. The third-order valence-electron chi connectivity index (χ3n) is 6.82. The van der Waals surface area contributed by atoms with Crippen LogP contribution in [0.2, 0.25) is 19.6 Å². The van der Waals surface area contributed by atoms with Gasteiger partial charge in [0.15, 0.2) is 0 Å². The summed E-state index contributed by atoms with van der Waals surface area (Å²) in [6, 6.07) is 20.3. The zero-order chi connectivity index (χ0) is 29.2. The first-order valence-corrected chi connectivity index (χ1v) is 17.2. The number of amides is 1. The van der Waals surface area contributed by atoms with Gasteiger partial charge in [0.2, 0.25) is 0 Å². The second-order valence-corrected chi connectivity index (χ2v) is 17.2. The summed E-state index contributed by atoms with van der Waals surface area (Å²) in [6.07, 6.45) is -0.366. The van der Waals surface area contributed by atoms with Gasteiger partial charge in [-0.1, -0.05) is 74.1 Å². The molecule has 0 saturated heterocycles. The molecule has 0 radical (unpaired) electrons. The Bertz CT molecular complexity index is 1460. The quantitative estimate of drug-likeness (QED) is 0.187. The number of rotatable bonds is 5. The molecule has 5 nitrogen and oxygen atoms in total. The number of esters is 1. The Morgan fingerprint density at radius 2 is 1.52 bits per heavy atom. The van der Waals surface area contributed by atoms with Crippen molar-refractivity contribution in [2.75, 3.05) is 18.6 Å². The van der Waals surface area contributed by atoms with Gasteiger partial charge in [0, 0.05) is 24.2 Å². The molecular weight excluding hydrogens is 514 g/mol. The van der Waals surface area contributed by atoms with E-state index in [2.05, 4.69) is 55.4 Å². The zero-order valence-corrected chi connectivity index (χ0v) is 25.8. The average molecular weight is 554 g/mol. The SMILES string of the molecule is Cc1c(C#C[Si](C)(C)C)cc(N(C)C(=O)OCC2c3ccccc3-c3ccccc32)cc1CC(=O)OC(C)(C)C. The maximum absolute atomic E-state index is 13.3. The molecule has 40 heavy (non-hydrogen) atoms. The second-order valence-electron chi connectivity index (χ2n) is 12.4. The molecule has 0 saturated carbocycles. The summed E-state index contributed by atoms with van der Waals surface area (Å²) in [4.78, 5) is 27.6. The minimum Gasteiger partial charge on any atom is -0.460 e. The Labute approximate surface area is 239 Å². The number of benzene rings is 3. The van der Waals surface area contributed by atoms with E-state index in [0.717, 1.165) is 27.8 Å². The predicted octanol–water partition coefficient (Wildman–Crippen LogP) is 7.49. The standard InChI is InChI=1S/C34H39NO4Si/c1-23-24(17-18-40(6,7)8)19-26(20-25(23)21-32(36)39-34(2,3)4)35(5)33(37)38-22-31-29-15-11-9-13-27(29)28-14-10-12-16-30(28)31/h9-16,19-20,31H,21-22H2,1-8H3. The Morgan fingerprint density at radius 3 is 2.08 bits per heavy atom. The number of anilines is 1. The molecule has 0 atom stereocenters. The van der Waals surface area contributed by atoms with Crippen molar-refractivity contribution in [1.82, 2.24) is 0 Å². The molecule has 1 amide bonds. The average Bonchev–Trinajstić information content (AvgIpc) is 3.19. The highest BCUT2D eigenvalue weighted by atomic mass is 28.3. The predicted molar refractivity (Wildman–Crippen MR) is 164 cm³/mol. The van der Waals surface area contributed by atoms with E-state index in [4.69, 9.17) is 9.47 Å². The van der Waals surface area contributed by atoms with Gasteiger partial charge in [-0.3, -0.25) is 9.69 Å². The van der Waals surface area contributed by atoms with E-state index in [1.807, 2.05) is 64.1 Å². The summed E-state index contributed by atoms with van der Waals surface area (Å²) in [7, 11) is 0.0367. The van der Waals surface area contributed by atoms with Crippen molar-refractivity contribution >= 4 is 25.8 Å². The van der Waals surface area contributed by atoms with E-state index >= 15 is 0 Å². The zero-order valence-electron chi connectivity index (χ0n) is 24.8. The summed E-state index contributed by atoms with van der Waals surface area (Å²) < 4.78 is 11.5. The van der Waals surface area contributed by atoms with Crippen molar-refractivity contribution in [2.24, 2.45) is 0 Å². The van der Waals surface area contributed by atoms with Crippen molar-refractivity contribution in [3.8, 4) is 22.6 Å². The summed E-state index contributed by atoms with van der Waals surface area (Å²) >= 11 is 0. The second kappa shape index (κ2) is 11.3. The number of hydrogen-bond donors (Lipinski definition) is 0. The van der Waals surface area contributed by atoms with E-state index in [0.29, 0.717) is 5.69 Å². The maximum Gasteiger partial charge on any atom is 0.414 e. The van der Waals surface area contributed by atoms with Gasteiger partial charge in [0.1, 0.15) is 20.3 Å². The van der Waals surface area contributed by atoms with Crippen molar-refractivity contribution in [2.45, 2.75) is 65.3 Å². The van der Waals surface area contributed by atoms with E-state index < -0.39 is 19.8 Å². The molecule has 0 N–H and O–H groups in total. The van der Waals surface area contributed by atoms with E-state index in [1.54, 1.807) is 7.05 Å². The van der Waals surface area contributed by atoms with E-state index in [-0.39, 0.29) is 24.9 Å². The van der Waals surface area contributed by atoms with Crippen LogP contribution in [0.1, 0.15) is 54.5 Å². The molecule has 3 aromatic rings. The molecule has 3 aromatic carbocycles. The van der Waals surface area contributed by atoms with Crippen LogP contribution in [-0.4, -0.2) is 39.4 Å². The number of carbonyl (C=O) groups is 2. The molecule has 1 aliphatic carbocycles. The lowest BCUT2D eigenvalue weighted by Crippen LogP contribution is -2.29. The number of hydrogen-bond acceptors (Lipinski definition) is 4. The lowest BCUT2D eigenvalue weighted by molar-refractivity contribution is -0.153. The smallest absolute Gasteiger partial charge is 0.414 e. The molecule has 0 bridgehead atoms. The van der Waals surface area contributed by atoms with Crippen LogP contribution in [0.5, 0.6) is 0 Å². The Kier molecular flexibility index (Phi) is 8.27. The first-order valence-electron chi connectivity index (χ1n) is 13.7. The van der Waals surface area contributed by atoms with Gasteiger partial charge in [0.25, 0.3) is 0 Å². The molecule has 0 unspecified atom stereocenters. The molecule has 0 spiro atoms. The van der Waals surface area contributed by atoms with Crippen LogP contribution in [0, 0.1) is 18.4 Å². The van der Waals surface area contributed by atoms with Crippen LogP contribution in [-0.2, 0) is 20.7 Å². The monoisotopic (exact) mass is 553 g/mol. The van der Waals surface area contributed by atoms with Gasteiger partial charge >= 0.3 is 12.1 Å². The van der Waals surface area contributed by atoms with Gasteiger partial charge in [-0.15, -0.1) is 5.54 Å². The normalized spacial score (nSPS) is 12.6. The van der Waals surface area contributed by atoms with Crippen molar-refractivity contribution < 1.29 is 19.1 Å². The van der Waals surface area contributed by atoms with Crippen LogP contribution in [0.4, 0.5) is 10.5 Å². The largest absolute Gasteiger partial charge is 0.460 e. The van der Waals surface area contributed by atoms with Gasteiger partial charge in [-0.05, 0) is 73.2 Å². The summed E-state index contributed by atoms with van der Waals surface area (Å²) in [5, 5.41) is 0. The summed E-state index contributed by atoms with van der Waals surface area (Å²) in [5.41, 5.74) is 10.7. The van der Waals surface area contributed by atoms with Gasteiger partial charge in [-0.2, -0.15) is 0 Å². The fourth-order valence-corrected chi connectivity index (χ4v) is 5.36. The van der Waals surface area contributed by atoms with E-state index in [9.17, 15) is 9.59 Å². The van der Waals surface area contributed by atoms with Gasteiger partial charge < -0.3 is 9.47 Å². The molecule has 4 rings (SSSR count). The lowest BCUT2D eigenvalue weighted by atomic mass is 9.98. The van der Waals surface area contributed by atoms with Crippen LogP contribution in [0.25, 0.3) is 11.1 Å². The van der Waals surface area contributed by atoms with Crippen LogP contribution >= 0.6 is 0 Å². The third kappa shape index (κ3) is 6.84. The van der Waals surface area contributed by atoms with E-state index in [1.165, 1.54) is 16.0 Å². The highest BCUT2D eigenvalue weighted by Crippen LogP contribution is 2.44. The Balaban J connectivity index is 1.59. The summed E-state index contributed by atoms with van der Waals surface area (Å²) in [6.45, 7) is 14.3. The fraction of sp³-hybridized carbons (Fsp3) is 0.353. The molecule has 0 fully saturated rings. The number of fused-ring (bicyclic) bond motifs is 3. The first-order chi connectivity index (χ1) is 18.7. The molecule has 0 heterocycles. The molecular formula is C34H39NO4Si. The Hall–Kier alpha value is -3.82. The molecule has 1 aliphatic rings. The third-order valence-corrected chi connectivity index (χ3v) is 7.70. The maximum atomic E-state index is 13.3. The minimum absolute atomic E-state index is 0.0244. The molecule has 6 heteroatoms. The highest BCUT2D eigenvalue weighted by molar-refractivity contribution is 6.83. The topological polar surface area (TPSA) is 55.8 Å². The van der Waals surface area contributed by atoms with Crippen LogP contribution in [0.15, 0.2) is 60.7 Å². The van der Waals surface area contributed by atoms with Crippen LogP contribution < -0.4 is 4.90 Å².